The van der Waals surface area contributed by atoms with Crippen molar-refractivity contribution in [3.05, 3.63) is 182 Å². The minimum absolute atomic E-state index is 0.945. The van der Waals surface area contributed by atoms with Gasteiger partial charge in [0.25, 0.3) is 0 Å². The van der Waals surface area contributed by atoms with Gasteiger partial charge in [-0.3, -0.25) is 4.57 Å². The minimum atomic E-state index is 0.945. The molecule has 2 aromatic heterocycles. The molecule has 6 aromatic carbocycles. The number of imidazole rings is 1. The summed E-state index contributed by atoms with van der Waals surface area (Å²) in [6, 6.07) is 61.1. The van der Waals surface area contributed by atoms with E-state index in [2.05, 4.69) is 132 Å². The summed E-state index contributed by atoms with van der Waals surface area (Å²) in [7, 11) is 0. The summed E-state index contributed by atoms with van der Waals surface area (Å²) >= 11 is 0. The lowest BCUT2D eigenvalue weighted by atomic mass is 9.98. The van der Waals surface area contributed by atoms with Crippen molar-refractivity contribution in [1.82, 2.24) is 19.3 Å². The standard InChI is InChI=1S/C42H30N4/c1-5-14-32(15-6-1)39-29-40(46(44-39)38-22-11-4-12-23-38)33-26-24-31(25-27-33)35-18-13-19-36(28-35)41-42(34-16-7-2-8-17-34)45(30-43-41)37-20-9-3-10-21-37/h1-30H. The van der Waals surface area contributed by atoms with Crippen LogP contribution < -0.4 is 0 Å². The van der Waals surface area contributed by atoms with E-state index in [9.17, 15) is 0 Å². The first kappa shape index (κ1) is 27.3. The molecule has 4 heteroatoms. The number of hydrogen-bond donors (Lipinski definition) is 0. The van der Waals surface area contributed by atoms with E-state index in [1.54, 1.807) is 0 Å². The van der Waals surface area contributed by atoms with E-state index < -0.39 is 0 Å². The molecule has 0 N–H and O–H groups in total. The van der Waals surface area contributed by atoms with Crippen LogP contribution >= 0.6 is 0 Å². The maximum Gasteiger partial charge on any atom is 0.100 e. The zero-order valence-corrected chi connectivity index (χ0v) is 25.1. The zero-order chi connectivity index (χ0) is 30.7. The molecule has 0 bridgehead atoms. The highest BCUT2D eigenvalue weighted by Crippen LogP contribution is 2.36. The molecule has 0 aliphatic rings. The van der Waals surface area contributed by atoms with Gasteiger partial charge < -0.3 is 0 Å². The molecule has 0 fully saturated rings. The van der Waals surface area contributed by atoms with E-state index in [0.717, 1.165) is 67.5 Å². The second kappa shape index (κ2) is 12.0. The Bertz CT molecular complexity index is 2220. The first-order valence-corrected chi connectivity index (χ1v) is 15.4. The second-order valence-corrected chi connectivity index (χ2v) is 11.2. The first-order chi connectivity index (χ1) is 22.8. The fraction of sp³-hybridized carbons (Fsp3) is 0. The monoisotopic (exact) mass is 590 g/mol. The van der Waals surface area contributed by atoms with Crippen LogP contribution in [0.3, 0.4) is 0 Å². The predicted octanol–water partition coefficient (Wildman–Crippen LogP) is 10.4. The van der Waals surface area contributed by atoms with Gasteiger partial charge in [-0.2, -0.15) is 5.10 Å². The Morgan fingerprint density at radius 2 is 0.935 bits per heavy atom. The van der Waals surface area contributed by atoms with Crippen molar-refractivity contribution >= 4 is 0 Å². The second-order valence-electron chi connectivity index (χ2n) is 11.2. The van der Waals surface area contributed by atoms with Gasteiger partial charge >= 0.3 is 0 Å². The molecule has 0 radical (unpaired) electrons. The summed E-state index contributed by atoms with van der Waals surface area (Å²) < 4.78 is 4.21. The number of aromatic nitrogens is 4. The van der Waals surface area contributed by atoms with Gasteiger partial charge in [0.1, 0.15) is 6.33 Å². The Balaban J connectivity index is 1.17. The number of para-hydroxylation sites is 2. The third-order valence-corrected chi connectivity index (χ3v) is 8.28. The Hall–Kier alpha value is -6.26. The SMILES string of the molecule is c1ccc(-c2cc(-c3ccc(-c4cccc(-c5ncn(-c6ccccc6)c5-c5ccccc5)c4)cc3)n(-c3ccccc3)n2)cc1. The maximum absolute atomic E-state index is 5.02. The summed E-state index contributed by atoms with van der Waals surface area (Å²) in [6.07, 6.45) is 1.92. The van der Waals surface area contributed by atoms with Crippen LogP contribution in [0.15, 0.2) is 182 Å². The van der Waals surface area contributed by atoms with Crippen molar-refractivity contribution in [2.45, 2.75) is 0 Å². The van der Waals surface area contributed by atoms with Crippen LogP contribution in [0.25, 0.3) is 67.5 Å². The van der Waals surface area contributed by atoms with E-state index in [0.29, 0.717) is 0 Å². The molecule has 8 aromatic rings. The third-order valence-electron chi connectivity index (χ3n) is 8.28. The van der Waals surface area contributed by atoms with Gasteiger partial charge in [0.2, 0.25) is 0 Å². The molecule has 0 amide bonds. The van der Waals surface area contributed by atoms with E-state index >= 15 is 0 Å². The lowest BCUT2D eigenvalue weighted by molar-refractivity contribution is 0.892. The Kier molecular flexibility index (Phi) is 7.14. The molecule has 0 saturated heterocycles. The molecule has 8 rings (SSSR count). The van der Waals surface area contributed by atoms with Gasteiger partial charge in [-0.05, 0) is 47.5 Å². The van der Waals surface area contributed by atoms with Gasteiger partial charge in [-0.1, -0.05) is 140 Å². The van der Waals surface area contributed by atoms with Crippen molar-refractivity contribution < 1.29 is 0 Å². The van der Waals surface area contributed by atoms with Crippen LogP contribution in [0.4, 0.5) is 0 Å². The van der Waals surface area contributed by atoms with Crippen LogP contribution in [0.2, 0.25) is 0 Å². The highest BCUT2D eigenvalue weighted by Gasteiger charge is 2.17. The quantitative estimate of drug-likeness (QED) is 0.185. The van der Waals surface area contributed by atoms with Crippen LogP contribution in [0.1, 0.15) is 0 Å². The molecule has 2 heterocycles. The zero-order valence-electron chi connectivity index (χ0n) is 25.1. The maximum atomic E-state index is 5.02. The molecular formula is C42H30N4. The molecule has 0 saturated carbocycles. The Morgan fingerprint density at radius 1 is 0.391 bits per heavy atom. The molecular weight excluding hydrogens is 560 g/mol. The van der Waals surface area contributed by atoms with E-state index in [4.69, 9.17) is 10.1 Å². The van der Waals surface area contributed by atoms with Crippen LogP contribution in [0, 0.1) is 0 Å². The topological polar surface area (TPSA) is 35.6 Å². The number of benzene rings is 6. The van der Waals surface area contributed by atoms with Gasteiger partial charge in [0, 0.05) is 27.9 Å². The summed E-state index contributed by atoms with van der Waals surface area (Å²) in [5.41, 5.74) is 12.8. The van der Waals surface area contributed by atoms with E-state index in [1.165, 1.54) is 0 Å². The molecule has 0 atom stereocenters. The van der Waals surface area contributed by atoms with Crippen molar-refractivity contribution in [3.63, 3.8) is 0 Å². The first-order valence-electron chi connectivity index (χ1n) is 15.4. The van der Waals surface area contributed by atoms with Gasteiger partial charge in [-0.15, -0.1) is 0 Å². The highest BCUT2D eigenvalue weighted by atomic mass is 15.3. The summed E-state index contributed by atoms with van der Waals surface area (Å²) in [4.78, 5) is 4.95. The lowest BCUT2D eigenvalue weighted by Crippen LogP contribution is -1.98. The molecule has 0 unspecified atom stereocenters. The third kappa shape index (κ3) is 5.23. The van der Waals surface area contributed by atoms with E-state index in [1.807, 2.05) is 59.5 Å². The van der Waals surface area contributed by atoms with Crippen LogP contribution in [-0.2, 0) is 0 Å². The lowest BCUT2D eigenvalue weighted by Gasteiger charge is -2.12. The Morgan fingerprint density at radius 3 is 1.61 bits per heavy atom. The largest absolute Gasteiger partial charge is 0.298 e. The number of rotatable bonds is 7. The van der Waals surface area contributed by atoms with Crippen molar-refractivity contribution in [2.24, 2.45) is 0 Å². The summed E-state index contributed by atoms with van der Waals surface area (Å²) in [6.45, 7) is 0. The average Bonchev–Trinajstić information content (AvgIpc) is 3.80. The molecule has 0 spiro atoms. The van der Waals surface area contributed by atoms with Crippen molar-refractivity contribution in [2.75, 3.05) is 0 Å². The van der Waals surface area contributed by atoms with Crippen molar-refractivity contribution in [1.29, 1.82) is 0 Å². The number of nitrogens with zero attached hydrogens (tertiary/aromatic N) is 4. The number of hydrogen-bond acceptors (Lipinski definition) is 2. The van der Waals surface area contributed by atoms with Gasteiger partial charge in [0.15, 0.2) is 0 Å². The Labute approximate surface area is 268 Å². The molecule has 218 valence electrons. The minimum Gasteiger partial charge on any atom is -0.298 e. The normalized spacial score (nSPS) is 11.0. The van der Waals surface area contributed by atoms with Crippen LogP contribution in [-0.4, -0.2) is 19.3 Å². The molecule has 46 heavy (non-hydrogen) atoms. The average molecular weight is 591 g/mol. The highest BCUT2D eigenvalue weighted by molar-refractivity contribution is 5.83. The molecule has 0 aliphatic heterocycles. The van der Waals surface area contributed by atoms with Crippen LogP contribution in [0.5, 0.6) is 0 Å². The summed E-state index contributed by atoms with van der Waals surface area (Å²) in [5.74, 6) is 0. The predicted molar refractivity (Wildman–Crippen MR) is 188 cm³/mol. The fourth-order valence-electron chi connectivity index (χ4n) is 6.00. The molecule has 0 aliphatic carbocycles. The van der Waals surface area contributed by atoms with Gasteiger partial charge in [-0.25, -0.2) is 9.67 Å². The fourth-order valence-corrected chi connectivity index (χ4v) is 6.00. The molecule has 4 nitrogen and oxygen atoms in total. The van der Waals surface area contributed by atoms with E-state index in [-0.39, 0.29) is 0 Å². The van der Waals surface area contributed by atoms with Crippen molar-refractivity contribution in [3.8, 4) is 67.5 Å². The van der Waals surface area contributed by atoms with Gasteiger partial charge in [0.05, 0.1) is 28.5 Å². The summed E-state index contributed by atoms with van der Waals surface area (Å²) in [5, 5.41) is 5.02. The smallest absolute Gasteiger partial charge is 0.100 e.